The molecule has 0 spiro atoms. The molecule has 2 amide bonds. The van der Waals surface area contributed by atoms with Crippen molar-refractivity contribution in [3.63, 3.8) is 0 Å². The standard InChI is InChI=1S/C24H19FN4O2S/c1-15-22(32-21(27-15)12-16-7-9-18(25)10-8-16)24(31)29-20-6-2-5-19(13-20)28-23(30)17-4-3-11-26-14-17/h2-11,13-14H,12H2,1H3,(H,28,30)(H,29,31). The summed E-state index contributed by atoms with van der Waals surface area (Å²) >= 11 is 1.30. The van der Waals surface area contributed by atoms with E-state index in [0.717, 1.165) is 10.6 Å². The topological polar surface area (TPSA) is 84.0 Å². The van der Waals surface area contributed by atoms with E-state index in [1.807, 2.05) is 0 Å². The molecule has 0 atom stereocenters. The second-order valence-corrected chi connectivity index (χ2v) is 8.14. The Morgan fingerprint density at radius 3 is 2.38 bits per heavy atom. The smallest absolute Gasteiger partial charge is 0.267 e. The number of nitrogens with zero attached hydrogens (tertiary/aromatic N) is 2. The molecular formula is C24H19FN4O2S. The molecule has 0 aliphatic heterocycles. The van der Waals surface area contributed by atoms with Gasteiger partial charge in [-0.15, -0.1) is 11.3 Å². The minimum Gasteiger partial charge on any atom is -0.322 e. The van der Waals surface area contributed by atoms with Crippen LogP contribution >= 0.6 is 11.3 Å². The molecule has 2 aromatic heterocycles. The minimum absolute atomic E-state index is 0.277. The lowest BCUT2D eigenvalue weighted by molar-refractivity contribution is 0.102. The largest absolute Gasteiger partial charge is 0.322 e. The molecule has 32 heavy (non-hydrogen) atoms. The number of pyridine rings is 1. The number of rotatable bonds is 6. The summed E-state index contributed by atoms with van der Waals surface area (Å²) in [5.74, 6) is -0.852. The van der Waals surface area contributed by atoms with Crippen molar-refractivity contribution in [2.75, 3.05) is 10.6 Å². The molecule has 0 saturated carbocycles. The number of anilines is 2. The zero-order chi connectivity index (χ0) is 22.5. The van der Waals surface area contributed by atoms with Crippen LogP contribution in [0.25, 0.3) is 0 Å². The van der Waals surface area contributed by atoms with E-state index in [1.165, 1.54) is 29.7 Å². The number of carbonyl (C=O) groups is 2. The van der Waals surface area contributed by atoms with E-state index in [9.17, 15) is 14.0 Å². The second-order valence-electron chi connectivity index (χ2n) is 7.06. The molecule has 160 valence electrons. The summed E-state index contributed by atoms with van der Waals surface area (Å²) in [5, 5.41) is 6.42. The van der Waals surface area contributed by atoms with Crippen molar-refractivity contribution in [1.82, 2.24) is 9.97 Å². The summed E-state index contributed by atoms with van der Waals surface area (Å²) in [5.41, 5.74) is 3.09. The van der Waals surface area contributed by atoms with Gasteiger partial charge in [-0.2, -0.15) is 0 Å². The monoisotopic (exact) mass is 446 g/mol. The molecule has 0 fully saturated rings. The summed E-state index contributed by atoms with van der Waals surface area (Å²) in [6.07, 6.45) is 3.60. The first kappa shape index (κ1) is 21.3. The molecule has 4 rings (SSSR count). The summed E-state index contributed by atoms with van der Waals surface area (Å²) < 4.78 is 13.1. The summed E-state index contributed by atoms with van der Waals surface area (Å²) in [7, 11) is 0. The molecule has 0 aliphatic carbocycles. The van der Waals surface area contributed by atoms with Gasteiger partial charge in [-0.05, 0) is 55.0 Å². The molecule has 6 nitrogen and oxygen atoms in total. The van der Waals surface area contributed by atoms with E-state index in [0.29, 0.717) is 33.9 Å². The molecule has 0 bridgehead atoms. The van der Waals surface area contributed by atoms with Crippen molar-refractivity contribution in [2.24, 2.45) is 0 Å². The van der Waals surface area contributed by atoms with Crippen LogP contribution in [-0.4, -0.2) is 21.8 Å². The number of hydrogen-bond acceptors (Lipinski definition) is 5. The molecule has 0 aliphatic rings. The molecule has 8 heteroatoms. The molecular weight excluding hydrogens is 427 g/mol. The van der Waals surface area contributed by atoms with Crippen LogP contribution in [0.4, 0.5) is 15.8 Å². The van der Waals surface area contributed by atoms with Crippen LogP contribution in [0.3, 0.4) is 0 Å². The van der Waals surface area contributed by atoms with Gasteiger partial charge >= 0.3 is 0 Å². The van der Waals surface area contributed by atoms with Crippen LogP contribution in [-0.2, 0) is 6.42 Å². The Bertz CT molecular complexity index is 1260. The number of halogens is 1. The maximum Gasteiger partial charge on any atom is 0.267 e. The van der Waals surface area contributed by atoms with Crippen LogP contribution < -0.4 is 10.6 Å². The van der Waals surface area contributed by atoms with Gasteiger partial charge in [0.15, 0.2) is 0 Å². The normalized spacial score (nSPS) is 10.6. The Labute approximate surface area is 188 Å². The first-order valence-electron chi connectivity index (χ1n) is 9.81. The first-order valence-corrected chi connectivity index (χ1v) is 10.6. The Morgan fingerprint density at radius 2 is 1.69 bits per heavy atom. The highest BCUT2D eigenvalue weighted by Gasteiger charge is 2.16. The van der Waals surface area contributed by atoms with Gasteiger partial charge in [0.2, 0.25) is 0 Å². The van der Waals surface area contributed by atoms with Crippen LogP contribution in [0.1, 0.15) is 36.3 Å². The van der Waals surface area contributed by atoms with E-state index in [1.54, 1.807) is 61.7 Å². The average Bonchev–Trinajstić information content (AvgIpc) is 3.16. The van der Waals surface area contributed by atoms with Crippen molar-refractivity contribution in [1.29, 1.82) is 0 Å². The maximum atomic E-state index is 13.1. The number of carbonyl (C=O) groups excluding carboxylic acids is 2. The van der Waals surface area contributed by atoms with Gasteiger partial charge in [-0.1, -0.05) is 18.2 Å². The van der Waals surface area contributed by atoms with Crippen molar-refractivity contribution in [3.8, 4) is 0 Å². The maximum absolute atomic E-state index is 13.1. The number of aromatic nitrogens is 2. The van der Waals surface area contributed by atoms with Crippen LogP contribution in [0.15, 0.2) is 73.1 Å². The van der Waals surface area contributed by atoms with E-state index in [-0.39, 0.29) is 17.6 Å². The van der Waals surface area contributed by atoms with E-state index in [2.05, 4.69) is 20.6 Å². The van der Waals surface area contributed by atoms with E-state index < -0.39 is 0 Å². The Kier molecular flexibility index (Phi) is 6.32. The lowest BCUT2D eigenvalue weighted by Gasteiger charge is -2.08. The quantitative estimate of drug-likeness (QED) is 0.433. The number of thiazole rings is 1. The fraction of sp³-hybridized carbons (Fsp3) is 0.0833. The number of aryl methyl sites for hydroxylation is 1. The van der Waals surface area contributed by atoms with Crippen LogP contribution in [0.5, 0.6) is 0 Å². The Balaban J connectivity index is 1.44. The van der Waals surface area contributed by atoms with Crippen LogP contribution in [0, 0.1) is 12.7 Å². The number of amides is 2. The highest BCUT2D eigenvalue weighted by molar-refractivity contribution is 7.14. The molecule has 0 saturated heterocycles. The zero-order valence-electron chi connectivity index (χ0n) is 17.1. The molecule has 2 N–H and O–H groups in total. The van der Waals surface area contributed by atoms with Crippen LogP contribution in [0.2, 0.25) is 0 Å². The summed E-state index contributed by atoms with van der Waals surface area (Å²) in [6.45, 7) is 1.78. The van der Waals surface area contributed by atoms with Gasteiger partial charge in [0.05, 0.1) is 16.3 Å². The van der Waals surface area contributed by atoms with E-state index >= 15 is 0 Å². The predicted octanol–water partition coefficient (Wildman–Crippen LogP) is 5.08. The fourth-order valence-corrected chi connectivity index (χ4v) is 4.07. The van der Waals surface area contributed by atoms with Gasteiger partial charge in [0.1, 0.15) is 10.7 Å². The van der Waals surface area contributed by atoms with Gasteiger partial charge in [-0.25, -0.2) is 9.37 Å². The highest BCUT2D eigenvalue weighted by atomic mass is 32.1. The highest BCUT2D eigenvalue weighted by Crippen LogP contribution is 2.23. The molecule has 2 heterocycles. The molecule has 0 radical (unpaired) electrons. The Morgan fingerprint density at radius 1 is 0.969 bits per heavy atom. The third-order valence-corrected chi connectivity index (χ3v) is 5.77. The van der Waals surface area contributed by atoms with E-state index in [4.69, 9.17) is 0 Å². The number of nitrogens with one attached hydrogen (secondary N) is 2. The van der Waals surface area contributed by atoms with Gasteiger partial charge < -0.3 is 10.6 Å². The fourth-order valence-electron chi connectivity index (χ4n) is 3.08. The predicted molar refractivity (Wildman–Crippen MR) is 123 cm³/mol. The van der Waals surface area contributed by atoms with Crippen molar-refractivity contribution >= 4 is 34.5 Å². The molecule has 4 aromatic rings. The van der Waals surface area contributed by atoms with Gasteiger partial charge in [0, 0.05) is 30.2 Å². The third kappa shape index (κ3) is 5.22. The Hall–Kier alpha value is -3.91. The zero-order valence-corrected chi connectivity index (χ0v) is 17.9. The minimum atomic E-state index is -0.289. The van der Waals surface area contributed by atoms with Crippen molar-refractivity contribution in [2.45, 2.75) is 13.3 Å². The van der Waals surface area contributed by atoms with Gasteiger partial charge in [0.25, 0.3) is 11.8 Å². The van der Waals surface area contributed by atoms with Crippen molar-refractivity contribution in [3.05, 3.63) is 106 Å². The summed E-state index contributed by atoms with van der Waals surface area (Å²) in [6, 6.07) is 16.5. The van der Waals surface area contributed by atoms with Gasteiger partial charge in [-0.3, -0.25) is 14.6 Å². The number of hydrogen-bond donors (Lipinski definition) is 2. The number of benzene rings is 2. The second kappa shape index (κ2) is 9.49. The first-order chi connectivity index (χ1) is 15.5. The molecule has 0 unspecified atom stereocenters. The molecule has 2 aromatic carbocycles. The summed E-state index contributed by atoms with van der Waals surface area (Å²) in [4.78, 5) is 34.1. The third-order valence-electron chi connectivity index (χ3n) is 4.62. The SMILES string of the molecule is Cc1nc(Cc2ccc(F)cc2)sc1C(=O)Nc1cccc(NC(=O)c2cccnc2)c1. The average molecular weight is 447 g/mol. The van der Waals surface area contributed by atoms with Crippen molar-refractivity contribution < 1.29 is 14.0 Å². The lowest BCUT2D eigenvalue weighted by atomic mass is 10.1. The lowest BCUT2D eigenvalue weighted by Crippen LogP contribution is -2.14.